The number of amides is 3. The summed E-state index contributed by atoms with van der Waals surface area (Å²) in [4.78, 5) is 39.2. The minimum absolute atomic E-state index is 0.106. The average molecular weight is 491 g/mol. The molecule has 3 aromatic rings. The van der Waals surface area contributed by atoms with Gasteiger partial charge in [-0.15, -0.1) is 0 Å². The van der Waals surface area contributed by atoms with Crippen molar-refractivity contribution >= 4 is 45.9 Å². The van der Waals surface area contributed by atoms with Crippen LogP contribution in [0.1, 0.15) is 28.7 Å². The number of nitrogens with zero attached hydrogens (tertiary/aromatic N) is 1. The van der Waals surface area contributed by atoms with Gasteiger partial charge in [-0.2, -0.15) is 0 Å². The predicted molar refractivity (Wildman–Crippen MR) is 130 cm³/mol. The standard InChI is InChI=1S/C26H22N2O6S/c29-24(12-18-13-32-21-11-17-3-1-2-16(17)10-19(18)21)27-6-7-28-25(30)23(35-26(28)31)9-15-4-5-20-22(8-15)34-14-33-20/h4-5,8-11,13H,1-3,6-7,12,14H2,(H,27,29)/b23-9-. The molecule has 1 fully saturated rings. The maximum absolute atomic E-state index is 12.8. The zero-order chi connectivity index (χ0) is 23.9. The van der Waals surface area contributed by atoms with Crippen LogP contribution >= 0.6 is 11.8 Å². The summed E-state index contributed by atoms with van der Waals surface area (Å²) < 4.78 is 16.3. The number of aryl methyl sites for hydroxylation is 2. The summed E-state index contributed by atoms with van der Waals surface area (Å²) in [5.74, 6) is 0.700. The van der Waals surface area contributed by atoms with Crippen molar-refractivity contribution in [2.24, 2.45) is 0 Å². The van der Waals surface area contributed by atoms with Gasteiger partial charge >= 0.3 is 0 Å². The molecule has 0 bridgehead atoms. The topological polar surface area (TPSA) is 98.1 Å². The molecule has 0 atom stereocenters. The number of hydrogen-bond acceptors (Lipinski definition) is 7. The van der Waals surface area contributed by atoms with Gasteiger partial charge in [0.05, 0.1) is 17.6 Å². The summed E-state index contributed by atoms with van der Waals surface area (Å²) in [5.41, 5.74) is 5.04. The summed E-state index contributed by atoms with van der Waals surface area (Å²) >= 11 is 0.885. The third-order valence-corrected chi connectivity index (χ3v) is 7.35. The van der Waals surface area contributed by atoms with E-state index in [9.17, 15) is 14.4 Å². The molecule has 0 radical (unpaired) electrons. The van der Waals surface area contributed by atoms with Crippen molar-refractivity contribution in [3.63, 3.8) is 0 Å². The summed E-state index contributed by atoms with van der Waals surface area (Å²) in [5, 5.41) is 3.43. The molecule has 8 nitrogen and oxygen atoms in total. The second-order valence-corrected chi connectivity index (χ2v) is 9.70. The van der Waals surface area contributed by atoms with Crippen LogP contribution in [0.3, 0.4) is 0 Å². The van der Waals surface area contributed by atoms with E-state index in [1.54, 1.807) is 30.5 Å². The lowest BCUT2D eigenvalue weighted by Crippen LogP contribution is -2.37. The Bertz CT molecular complexity index is 1410. The van der Waals surface area contributed by atoms with Gasteiger partial charge < -0.3 is 19.2 Å². The molecule has 0 spiro atoms. The highest BCUT2D eigenvalue weighted by Crippen LogP contribution is 2.36. The van der Waals surface area contributed by atoms with Crippen LogP contribution in [0.5, 0.6) is 11.5 Å². The number of nitrogens with one attached hydrogen (secondary N) is 1. The predicted octanol–water partition coefficient (Wildman–Crippen LogP) is 4.05. The normalized spacial score (nSPS) is 17.6. The van der Waals surface area contributed by atoms with Crippen LogP contribution in [0.2, 0.25) is 0 Å². The van der Waals surface area contributed by atoms with E-state index >= 15 is 0 Å². The molecular formula is C26H22N2O6S. The summed E-state index contributed by atoms with van der Waals surface area (Å²) in [7, 11) is 0. The number of benzene rings is 2. The Hall–Kier alpha value is -3.72. The van der Waals surface area contributed by atoms with Gasteiger partial charge in [0.15, 0.2) is 11.5 Å². The molecule has 0 unspecified atom stereocenters. The van der Waals surface area contributed by atoms with E-state index in [1.165, 1.54) is 11.1 Å². The third kappa shape index (κ3) is 4.16. The quantitative estimate of drug-likeness (QED) is 0.521. The molecule has 1 aromatic heterocycles. The number of ether oxygens (including phenoxy) is 2. The number of fused-ring (bicyclic) bond motifs is 3. The summed E-state index contributed by atoms with van der Waals surface area (Å²) in [6.07, 6.45) is 6.75. The second kappa shape index (κ2) is 8.81. The van der Waals surface area contributed by atoms with E-state index < -0.39 is 0 Å². The first kappa shape index (κ1) is 21.8. The van der Waals surface area contributed by atoms with E-state index in [0.717, 1.165) is 58.0 Å². The van der Waals surface area contributed by atoms with Crippen molar-refractivity contribution in [1.29, 1.82) is 0 Å². The van der Waals surface area contributed by atoms with Crippen molar-refractivity contribution in [3.05, 3.63) is 63.8 Å². The van der Waals surface area contributed by atoms with Gasteiger partial charge in [-0.05, 0) is 78.1 Å². The van der Waals surface area contributed by atoms with Crippen LogP contribution in [-0.4, -0.2) is 41.8 Å². The fourth-order valence-electron chi connectivity index (χ4n) is 4.67. The molecule has 0 saturated carbocycles. The fraction of sp³-hybridized carbons (Fsp3) is 0.269. The Morgan fingerprint density at radius 3 is 2.80 bits per heavy atom. The van der Waals surface area contributed by atoms with Crippen LogP contribution in [0.15, 0.2) is 45.9 Å². The minimum atomic E-state index is -0.374. The number of thioether (sulfide) groups is 1. The molecule has 1 N–H and O–H groups in total. The van der Waals surface area contributed by atoms with Crippen LogP contribution in [0, 0.1) is 0 Å². The van der Waals surface area contributed by atoms with Crippen molar-refractivity contribution < 1.29 is 28.3 Å². The van der Waals surface area contributed by atoms with Gasteiger partial charge in [0.1, 0.15) is 5.58 Å². The molecule has 9 heteroatoms. The molecule has 3 amide bonds. The Morgan fingerprint density at radius 2 is 1.91 bits per heavy atom. The Morgan fingerprint density at radius 1 is 1.09 bits per heavy atom. The lowest BCUT2D eigenvalue weighted by Gasteiger charge is -2.13. The zero-order valence-corrected chi connectivity index (χ0v) is 19.6. The maximum Gasteiger partial charge on any atom is 0.293 e. The highest BCUT2D eigenvalue weighted by Gasteiger charge is 2.34. The zero-order valence-electron chi connectivity index (χ0n) is 18.8. The highest BCUT2D eigenvalue weighted by molar-refractivity contribution is 8.18. The van der Waals surface area contributed by atoms with Crippen molar-refractivity contribution in [2.75, 3.05) is 19.9 Å². The van der Waals surface area contributed by atoms with Crippen molar-refractivity contribution in [2.45, 2.75) is 25.7 Å². The van der Waals surface area contributed by atoms with Gasteiger partial charge in [-0.3, -0.25) is 19.3 Å². The van der Waals surface area contributed by atoms with Crippen molar-refractivity contribution in [1.82, 2.24) is 10.2 Å². The average Bonchev–Trinajstić information content (AvgIpc) is 3.62. The number of carbonyl (C=O) groups excluding carboxylic acids is 3. The number of carbonyl (C=O) groups is 3. The summed E-state index contributed by atoms with van der Waals surface area (Å²) in [6, 6.07) is 9.55. The van der Waals surface area contributed by atoms with Crippen LogP contribution in [0.4, 0.5) is 4.79 Å². The highest BCUT2D eigenvalue weighted by atomic mass is 32.2. The SMILES string of the molecule is O=C(Cc1coc2cc3c(cc12)CCC3)NCCN1C(=O)S/C(=C\c2ccc3c(c2)OCO3)C1=O. The second-order valence-electron chi connectivity index (χ2n) is 8.70. The van der Waals surface area contributed by atoms with Gasteiger partial charge in [-0.25, -0.2) is 0 Å². The molecule has 178 valence electrons. The monoisotopic (exact) mass is 490 g/mol. The fourth-order valence-corrected chi connectivity index (χ4v) is 5.54. The lowest BCUT2D eigenvalue weighted by molar-refractivity contribution is -0.124. The number of furan rings is 1. The van der Waals surface area contributed by atoms with Gasteiger partial charge in [-0.1, -0.05) is 6.07 Å². The van der Waals surface area contributed by atoms with E-state index in [4.69, 9.17) is 13.9 Å². The first-order valence-corrected chi connectivity index (χ1v) is 12.3. The maximum atomic E-state index is 12.8. The Labute approximate surface area is 205 Å². The van der Waals surface area contributed by atoms with E-state index in [-0.39, 0.29) is 43.4 Å². The smallest absolute Gasteiger partial charge is 0.293 e. The van der Waals surface area contributed by atoms with E-state index in [0.29, 0.717) is 16.4 Å². The number of rotatable bonds is 6. The van der Waals surface area contributed by atoms with E-state index in [1.807, 2.05) is 0 Å². The van der Waals surface area contributed by atoms with E-state index in [2.05, 4.69) is 17.4 Å². The van der Waals surface area contributed by atoms with Gasteiger partial charge in [0, 0.05) is 24.0 Å². The Balaban J connectivity index is 1.06. The number of hydrogen-bond donors (Lipinski definition) is 1. The molecule has 2 aliphatic heterocycles. The lowest BCUT2D eigenvalue weighted by atomic mass is 10.0. The molecule has 1 saturated heterocycles. The number of imide groups is 1. The largest absolute Gasteiger partial charge is 0.464 e. The molecule has 3 heterocycles. The molecule has 3 aliphatic rings. The third-order valence-electron chi connectivity index (χ3n) is 6.44. The Kier molecular flexibility index (Phi) is 5.49. The molecule has 35 heavy (non-hydrogen) atoms. The van der Waals surface area contributed by atoms with Crippen LogP contribution in [0.25, 0.3) is 17.0 Å². The van der Waals surface area contributed by atoms with Crippen LogP contribution in [-0.2, 0) is 28.9 Å². The van der Waals surface area contributed by atoms with Crippen molar-refractivity contribution in [3.8, 4) is 11.5 Å². The first-order valence-electron chi connectivity index (χ1n) is 11.5. The molecule has 6 rings (SSSR count). The molecule has 2 aromatic carbocycles. The first-order chi connectivity index (χ1) is 17.0. The van der Waals surface area contributed by atoms with Crippen LogP contribution < -0.4 is 14.8 Å². The minimum Gasteiger partial charge on any atom is -0.464 e. The molecular weight excluding hydrogens is 468 g/mol. The summed E-state index contributed by atoms with van der Waals surface area (Å²) in [6.45, 7) is 0.452. The van der Waals surface area contributed by atoms with Gasteiger partial charge in [0.25, 0.3) is 11.1 Å². The van der Waals surface area contributed by atoms with Gasteiger partial charge in [0.2, 0.25) is 12.7 Å². The molecule has 1 aliphatic carbocycles.